The topological polar surface area (TPSA) is 110 Å². The average Bonchev–Trinajstić information content (AvgIpc) is 3.26. The number of carbonyl (C=O) groups excluding carboxylic acids is 3. The largest absolute Gasteiger partial charge is 0.337 e. The second-order valence-corrected chi connectivity index (χ2v) is 12.1. The molecule has 9 nitrogen and oxygen atoms in total. The number of Topliss-reactive ketones (excluding diaryl/α,β-unsaturated/α-hetero) is 1. The molecule has 2 amide bonds. The van der Waals surface area contributed by atoms with Crippen molar-refractivity contribution < 1.29 is 21.5 Å². The van der Waals surface area contributed by atoms with Gasteiger partial charge in [-0.1, -0.05) is 6.92 Å². The van der Waals surface area contributed by atoms with Gasteiger partial charge in [0.1, 0.15) is 34.6 Å². The van der Waals surface area contributed by atoms with Crippen LogP contribution >= 0.6 is 15.9 Å². The molecule has 3 atom stereocenters. The van der Waals surface area contributed by atoms with Gasteiger partial charge in [0, 0.05) is 55.5 Å². The number of benzene rings is 1. The van der Waals surface area contributed by atoms with Gasteiger partial charge in [0.25, 0.3) is 0 Å². The summed E-state index contributed by atoms with van der Waals surface area (Å²) in [5.41, 5.74) is 2.78. The van der Waals surface area contributed by atoms with E-state index in [4.69, 9.17) is 2.74 Å². The van der Waals surface area contributed by atoms with Crippen LogP contribution in [0.2, 0.25) is 0 Å². The first-order valence-electron chi connectivity index (χ1n) is 14.5. The molecule has 3 aromatic heterocycles. The number of nitrogens with one attached hydrogen (secondary N) is 1. The Kier molecular flexibility index (Phi) is 6.17. The van der Waals surface area contributed by atoms with Crippen LogP contribution in [0.5, 0.6) is 0 Å². The predicted molar refractivity (Wildman–Crippen MR) is 159 cm³/mol. The molecular weight excluding hydrogens is 603 g/mol. The van der Waals surface area contributed by atoms with E-state index >= 15 is 0 Å². The van der Waals surface area contributed by atoms with E-state index in [1.807, 2.05) is 19.1 Å². The van der Waals surface area contributed by atoms with Gasteiger partial charge in [0.2, 0.25) is 11.8 Å². The number of likely N-dealkylation sites (tertiary alicyclic amines) is 1. The number of hydrogen-bond acceptors (Lipinski definition) is 6. The smallest absolute Gasteiger partial charge is 0.248 e. The van der Waals surface area contributed by atoms with E-state index < -0.39 is 41.5 Å². The number of amides is 2. The fourth-order valence-electron chi connectivity index (χ4n) is 5.90. The zero-order valence-electron chi connectivity index (χ0n) is 25.7. The number of anilines is 1. The zero-order valence-corrected chi connectivity index (χ0v) is 25.3. The van der Waals surface area contributed by atoms with Crippen LogP contribution in [0.1, 0.15) is 56.7 Å². The van der Waals surface area contributed by atoms with E-state index in [0.29, 0.717) is 22.3 Å². The molecule has 2 aliphatic rings. The van der Waals surface area contributed by atoms with Gasteiger partial charge in [-0.3, -0.25) is 14.4 Å². The fourth-order valence-corrected chi connectivity index (χ4v) is 6.28. The van der Waals surface area contributed by atoms with Gasteiger partial charge < -0.3 is 14.8 Å². The van der Waals surface area contributed by atoms with E-state index in [1.165, 1.54) is 24.8 Å². The number of rotatable bonds is 6. The van der Waals surface area contributed by atoms with E-state index in [0.717, 1.165) is 16.7 Å². The van der Waals surface area contributed by atoms with E-state index in [-0.39, 0.29) is 34.7 Å². The maximum atomic E-state index is 14.3. The lowest BCUT2D eigenvalue weighted by molar-refractivity contribution is -0.138. The molecule has 11 heteroatoms. The molecule has 0 unspecified atom stereocenters. The van der Waals surface area contributed by atoms with Gasteiger partial charge in [-0.15, -0.1) is 0 Å². The Bertz CT molecular complexity index is 1900. The van der Waals surface area contributed by atoms with Crippen LogP contribution in [0.4, 0.5) is 10.2 Å². The predicted octanol–water partition coefficient (Wildman–Crippen LogP) is 5.54. The Morgan fingerprint density at radius 1 is 1.17 bits per heavy atom. The molecule has 4 heterocycles. The van der Waals surface area contributed by atoms with Crippen LogP contribution in [0.15, 0.2) is 41.4 Å². The number of fused-ring (bicyclic) bond motifs is 2. The number of nitrogens with zero attached hydrogens (tertiary/aromatic N) is 5. The Balaban J connectivity index is 1.35. The van der Waals surface area contributed by atoms with Gasteiger partial charge >= 0.3 is 0 Å². The van der Waals surface area contributed by atoms with Gasteiger partial charge in [-0.2, -0.15) is 0 Å². The van der Waals surface area contributed by atoms with E-state index in [2.05, 4.69) is 36.2 Å². The third-order valence-electron chi connectivity index (χ3n) is 8.19. The summed E-state index contributed by atoms with van der Waals surface area (Å²) in [6.07, 6.45) is 3.49. The van der Waals surface area contributed by atoms with Crippen LogP contribution in [0.25, 0.3) is 22.0 Å². The number of carbonyl (C=O) groups is 3. The molecule has 4 aromatic rings. The molecule has 1 saturated heterocycles. The number of hydrogen-bond donors (Lipinski definition) is 1. The van der Waals surface area contributed by atoms with Crippen LogP contribution in [0, 0.1) is 32.0 Å². The summed E-state index contributed by atoms with van der Waals surface area (Å²) < 4.78 is 33.4. The molecule has 1 aromatic carbocycles. The number of piperidine rings is 1. The fraction of sp³-hybridized carbons (Fsp3) is 0.355. The first-order valence-corrected chi connectivity index (χ1v) is 14.3. The molecule has 6 rings (SSSR count). The summed E-state index contributed by atoms with van der Waals surface area (Å²) >= 11 is 3.14. The number of pyridine rings is 1. The first-order chi connectivity index (χ1) is 20.6. The lowest BCUT2D eigenvalue weighted by atomic mass is 10.0. The third kappa shape index (κ3) is 4.79. The van der Waals surface area contributed by atoms with Crippen molar-refractivity contribution in [1.82, 2.24) is 24.4 Å². The molecule has 1 N–H and O–H groups in total. The molecule has 1 aliphatic heterocycles. The minimum Gasteiger partial charge on any atom is -0.337 e. The van der Waals surface area contributed by atoms with Crippen molar-refractivity contribution in [3.8, 4) is 11.1 Å². The van der Waals surface area contributed by atoms with Crippen LogP contribution in [-0.2, 0) is 16.1 Å². The zero-order chi connectivity index (χ0) is 31.9. The van der Waals surface area contributed by atoms with Gasteiger partial charge in [-0.05, 0) is 85.1 Å². The normalized spacial score (nSPS) is 22.9. The lowest BCUT2D eigenvalue weighted by Gasteiger charge is -2.27. The minimum atomic E-state index is -1.68. The molecule has 1 saturated carbocycles. The van der Waals surface area contributed by atoms with Crippen molar-refractivity contribution in [3.05, 3.63) is 69.7 Å². The Labute approximate surface area is 253 Å². The second-order valence-electron chi connectivity index (χ2n) is 11.3. The van der Waals surface area contributed by atoms with Crippen molar-refractivity contribution in [3.63, 3.8) is 0 Å². The Morgan fingerprint density at radius 2 is 1.88 bits per heavy atom. The third-order valence-corrected chi connectivity index (χ3v) is 8.60. The van der Waals surface area contributed by atoms with Crippen LogP contribution < -0.4 is 5.32 Å². The average molecular weight is 636 g/mol. The van der Waals surface area contributed by atoms with E-state index in [9.17, 15) is 18.8 Å². The van der Waals surface area contributed by atoms with Crippen molar-refractivity contribution in [2.24, 2.45) is 5.41 Å². The highest BCUT2D eigenvalue weighted by molar-refractivity contribution is 9.10. The second kappa shape index (κ2) is 10.1. The summed E-state index contributed by atoms with van der Waals surface area (Å²) in [4.78, 5) is 54.4. The van der Waals surface area contributed by atoms with E-state index in [1.54, 1.807) is 37.0 Å². The minimum absolute atomic E-state index is 0.0240. The van der Waals surface area contributed by atoms with Gasteiger partial charge in [0.05, 0.1) is 5.52 Å². The molecule has 0 spiro atoms. The van der Waals surface area contributed by atoms with Gasteiger partial charge in [-0.25, -0.2) is 19.3 Å². The maximum absolute atomic E-state index is 14.3. The van der Waals surface area contributed by atoms with Crippen molar-refractivity contribution >= 4 is 50.2 Å². The molecule has 216 valence electrons. The summed E-state index contributed by atoms with van der Waals surface area (Å²) in [7, 11) is 0. The summed E-state index contributed by atoms with van der Waals surface area (Å²) in [6.45, 7) is 8.15. The highest BCUT2D eigenvalue weighted by Gasteiger charge is 2.64. The summed E-state index contributed by atoms with van der Waals surface area (Å²) in [5.74, 6) is -1.10. The molecule has 0 radical (unpaired) electrons. The van der Waals surface area contributed by atoms with Crippen LogP contribution in [0.3, 0.4) is 0 Å². The standard InChI is InChI=1S/C31H30BrFN6O3/c1-15-6-19(20-11-34-18(4)35-12-20)7-21-22(17(3)40)13-38(28(15)21)14-27(41)39-24(9-31(5)10-25(31)39)30(42)37-29-16(2)23(33)8-26(32)36-29/h6-8,11-13,24-25H,9-10,14H2,1-5H3,(H,36,37,42)/t24-,25+,31-/m0/s1/i10D2. The number of halogens is 2. The number of ketones is 1. The highest BCUT2D eigenvalue weighted by Crippen LogP contribution is 2.59. The molecule has 42 heavy (non-hydrogen) atoms. The first kappa shape index (κ1) is 25.7. The number of aryl methyl sites for hydroxylation is 2. The Hall–Kier alpha value is -3.99. The molecule has 1 aliphatic carbocycles. The number of aromatic nitrogens is 4. The summed E-state index contributed by atoms with van der Waals surface area (Å²) in [5, 5.41) is 3.32. The molecule has 2 fully saturated rings. The molecule has 0 bridgehead atoms. The monoisotopic (exact) mass is 634 g/mol. The summed E-state index contributed by atoms with van der Waals surface area (Å²) in [6, 6.07) is 3.21. The quantitative estimate of drug-likeness (QED) is 0.220. The molecular formula is C31H30BrFN6O3. The van der Waals surface area contributed by atoms with Gasteiger partial charge in [0.15, 0.2) is 5.78 Å². The van der Waals surface area contributed by atoms with Crippen molar-refractivity contribution in [1.29, 1.82) is 0 Å². The SMILES string of the molecule is [2H]C1([2H])[C@H]2N(C(=O)Cn3cc(C(C)=O)c4cc(-c5cnc(C)nc5)cc(C)c43)[C@H](C(=O)Nc3nc(Br)cc(F)c3C)C[C@]21C. The van der Waals surface area contributed by atoms with Crippen molar-refractivity contribution in [2.75, 3.05) is 5.32 Å². The lowest BCUT2D eigenvalue weighted by Crippen LogP contribution is -2.46. The van der Waals surface area contributed by atoms with Crippen LogP contribution in [-0.4, -0.2) is 54.1 Å². The highest BCUT2D eigenvalue weighted by atomic mass is 79.9. The van der Waals surface area contributed by atoms with Crippen molar-refractivity contribution in [2.45, 2.75) is 66.0 Å². The Morgan fingerprint density at radius 3 is 2.57 bits per heavy atom. The maximum Gasteiger partial charge on any atom is 0.248 e.